The van der Waals surface area contributed by atoms with Crippen molar-refractivity contribution in [2.24, 2.45) is 11.3 Å². The Bertz CT molecular complexity index is 420. The van der Waals surface area contributed by atoms with E-state index in [1.165, 1.54) is 50.5 Å². The molecule has 110 valence electrons. The van der Waals surface area contributed by atoms with E-state index >= 15 is 0 Å². The van der Waals surface area contributed by atoms with Crippen molar-refractivity contribution in [1.29, 1.82) is 0 Å². The predicted molar refractivity (Wildman–Crippen MR) is 84.3 cm³/mol. The van der Waals surface area contributed by atoms with Crippen LogP contribution in [0.4, 0.5) is 0 Å². The highest BCUT2D eigenvalue weighted by Gasteiger charge is 2.52. The highest BCUT2D eigenvalue weighted by atomic mass is 16.5. The van der Waals surface area contributed by atoms with Crippen molar-refractivity contribution in [2.45, 2.75) is 64.7 Å². The van der Waals surface area contributed by atoms with Crippen LogP contribution in [-0.2, 0) is 0 Å². The van der Waals surface area contributed by atoms with Gasteiger partial charge in [-0.1, -0.05) is 38.3 Å². The zero-order valence-corrected chi connectivity index (χ0v) is 13.0. The van der Waals surface area contributed by atoms with Crippen molar-refractivity contribution in [2.75, 3.05) is 6.61 Å². The fourth-order valence-corrected chi connectivity index (χ4v) is 4.42. The predicted octanol–water partition coefficient (Wildman–Crippen LogP) is 5.55. The topological polar surface area (TPSA) is 9.23 Å². The smallest absolute Gasteiger partial charge is 0.119 e. The Balaban J connectivity index is 1.46. The summed E-state index contributed by atoms with van der Waals surface area (Å²) in [6.45, 7) is 5.10. The molecule has 1 heteroatoms. The molecule has 0 heterocycles. The van der Waals surface area contributed by atoms with Crippen LogP contribution < -0.4 is 4.74 Å². The van der Waals surface area contributed by atoms with Gasteiger partial charge in [0.25, 0.3) is 0 Å². The molecule has 0 atom stereocenters. The molecule has 3 rings (SSSR count). The van der Waals surface area contributed by atoms with Crippen LogP contribution in [-0.4, -0.2) is 6.61 Å². The van der Waals surface area contributed by atoms with Crippen molar-refractivity contribution in [3.63, 3.8) is 0 Å². The van der Waals surface area contributed by atoms with Crippen LogP contribution in [0.1, 0.15) is 70.3 Å². The largest absolute Gasteiger partial charge is 0.494 e. The van der Waals surface area contributed by atoms with E-state index in [0.717, 1.165) is 29.6 Å². The van der Waals surface area contributed by atoms with E-state index in [9.17, 15) is 0 Å². The quantitative estimate of drug-likeness (QED) is 0.659. The maximum Gasteiger partial charge on any atom is 0.119 e. The van der Waals surface area contributed by atoms with Gasteiger partial charge in [-0.15, -0.1) is 0 Å². The third-order valence-electron chi connectivity index (χ3n) is 5.43. The lowest BCUT2D eigenvalue weighted by Gasteiger charge is -2.58. The van der Waals surface area contributed by atoms with Crippen molar-refractivity contribution in [3.8, 4) is 5.75 Å². The molecule has 0 N–H and O–H groups in total. The lowest BCUT2D eigenvalue weighted by molar-refractivity contribution is -0.0451. The fourth-order valence-electron chi connectivity index (χ4n) is 4.42. The third kappa shape index (κ3) is 2.73. The molecule has 0 unspecified atom stereocenters. The van der Waals surface area contributed by atoms with Crippen molar-refractivity contribution in [3.05, 3.63) is 29.8 Å². The zero-order valence-electron chi connectivity index (χ0n) is 13.0. The van der Waals surface area contributed by atoms with Gasteiger partial charge in [0.2, 0.25) is 0 Å². The number of hydrogen-bond acceptors (Lipinski definition) is 1. The summed E-state index contributed by atoms with van der Waals surface area (Å²) in [6, 6.07) is 8.81. The molecule has 2 aliphatic rings. The highest BCUT2D eigenvalue weighted by Crippen LogP contribution is 2.64. The summed E-state index contributed by atoms with van der Waals surface area (Å²) in [5, 5.41) is 0. The van der Waals surface area contributed by atoms with Gasteiger partial charge in [-0.2, -0.15) is 0 Å². The molecule has 20 heavy (non-hydrogen) atoms. The number of hydrogen-bond donors (Lipinski definition) is 0. The molecule has 0 aromatic heterocycles. The molecule has 0 bridgehead atoms. The molecular weight excluding hydrogens is 244 g/mol. The Morgan fingerprint density at radius 3 is 2.35 bits per heavy atom. The van der Waals surface area contributed by atoms with Crippen LogP contribution in [0, 0.1) is 11.3 Å². The number of rotatable bonds is 6. The van der Waals surface area contributed by atoms with Gasteiger partial charge in [0.15, 0.2) is 0 Å². The summed E-state index contributed by atoms with van der Waals surface area (Å²) in [6.07, 6.45) is 10.2. The second kappa shape index (κ2) is 5.79. The first-order valence-corrected chi connectivity index (χ1v) is 8.47. The monoisotopic (exact) mass is 272 g/mol. The number of benzene rings is 1. The average molecular weight is 272 g/mol. The Hall–Kier alpha value is -0.980. The number of ether oxygens (including phenoxy) is 1. The second-order valence-corrected chi connectivity index (χ2v) is 7.02. The summed E-state index contributed by atoms with van der Waals surface area (Å²) in [5.74, 6) is 2.88. The summed E-state index contributed by atoms with van der Waals surface area (Å²) in [7, 11) is 0. The van der Waals surface area contributed by atoms with Crippen LogP contribution >= 0.6 is 0 Å². The molecule has 2 saturated carbocycles. The molecule has 1 aromatic carbocycles. The first-order valence-electron chi connectivity index (χ1n) is 8.47. The van der Waals surface area contributed by atoms with Gasteiger partial charge in [-0.25, -0.2) is 0 Å². The molecule has 0 amide bonds. The van der Waals surface area contributed by atoms with Gasteiger partial charge < -0.3 is 4.74 Å². The molecule has 0 saturated heterocycles. The molecule has 1 aromatic rings. The fraction of sp³-hybridized carbons (Fsp3) is 0.684. The van der Waals surface area contributed by atoms with E-state index in [1.54, 1.807) is 0 Å². The summed E-state index contributed by atoms with van der Waals surface area (Å²) in [5.41, 5.74) is 2.28. The minimum Gasteiger partial charge on any atom is -0.494 e. The van der Waals surface area contributed by atoms with Crippen LogP contribution in [0.25, 0.3) is 0 Å². The third-order valence-corrected chi connectivity index (χ3v) is 5.43. The summed E-state index contributed by atoms with van der Waals surface area (Å²) >= 11 is 0. The second-order valence-electron chi connectivity index (χ2n) is 7.02. The van der Waals surface area contributed by atoms with Crippen LogP contribution in [0.3, 0.4) is 0 Å². The van der Waals surface area contributed by atoms with Crippen molar-refractivity contribution < 1.29 is 4.74 Å². The Morgan fingerprint density at radius 2 is 1.75 bits per heavy atom. The van der Waals surface area contributed by atoms with E-state index in [0.29, 0.717) is 0 Å². The average Bonchev–Trinajstić information content (AvgIpc) is 2.37. The van der Waals surface area contributed by atoms with E-state index < -0.39 is 0 Å². The normalized spacial score (nSPS) is 31.7. The lowest BCUT2D eigenvalue weighted by atomic mass is 9.47. The van der Waals surface area contributed by atoms with Gasteiger partial charge >= 0.3 is 0 Å². The SMILES string of the molecule is CCCCC1CC2(C1)CC(c1ccc(OCC)cc1)C2. The van der Waals surface area contributed by atoms with Crippen molar-refractivity contribution >= 4 is 0 Å². The van der Waals surface area contributed by atoms with Crippen LogP contribution in [0.15, 0.2) is 24.3 Å². The molecule has 0 aliphatic heterocycles. The Morgan fingerprint density at radius 1 is 1.05 bits per heavy atom. The minimum absolute atomic E-state index is 0.752. The van der Waals surface area contributed by atoms with Gasteiger partial charge in [-0.3, -0.25) is 0 Å². The minimum atomic E-state index is 0.752. The Kier molecular flexibility index (Phi) is 4.05. The standard InChI is InChI=1S/C19H28O/c1-3-5-6-15-11-19(12-15)13-17(14-19)16-7-9-18(10-8-16)20-4-2/h7-10,15,17H,3-6,11-14H2,1-2H3. The van der Waals surface area contributed by atoms with Crippen molar-refractivity contribution in [1.82, 2.24) is 0 Å². The number of unbranched alkanes of at least 4 members (excludes halogenated alkanes) is 1. The Labute approximate surface area is 123 Å². The zero-order chi connectivity index (χ0) is 14.0. The maximum absolute atomic E-state index is 5.52. The van der Waals surface area contributed by atoms with Gasteiger partial charge in [0.05, 0.1) is 6.61 Å². The van der Waals surface area contributed by atoms with E-state index in [1.807, 2.05) is 6.92 Å². The van der Waals surface area contributed by atoms with E-state index in [-0.39, 0.29) is 0 Å². The van der Waals surface area contributed by atoms with E-state index in [4.69, 9.17) is 4.74 Å². The van der Waals surface area contributed by atoms with Crippen LogP contribution in [0.2, 0.25) is 0 Å². The van der Waals surface area contributed by atoms with Gasteiger partial charge in [0, 0.05) is 0 Å². The molecule has 1 spiro atoms. The molecule has 1 nitrogen and oxygen atoms in total. The maximum atomic E-state index is 5.52. The van der Waals surface area contributed by atoms with Gasteiger partial charge in [0.1, 0.15) is 5.75 Å². The van der Waals surface area contributed by atoms with Crippen LogP contribution in [0.5, 0.6) is 5.75 Å². The molecule has 2 aliphatic carbocycles. The molecule has 2 fully saturated rings. The lowest BCUT2D eigenvalue weighted by Crippen LogP contribution is -2.46. The highest BCUT2D eigenvalue weighted by molar-refractivity contribution is 5.31. The summed E-state index contributed by atoms with van der Waals surface area (Å²) < 4.78 is 5.52. The van der Waals surface area contributed by atoms with E-state index in [2.05, 4.69) is 31.2 Å². The van der Waals surface area contributed by atoms with Gasteiger partial charge in [-0.05, 0) is 67.6 Å². The molecular formula is C19H28O. The first kappa shape index (κ1) is 14.0. The summed E-state index contributed by atoms with van der Waals surface area (Å²) in [4.78, 5) is 0. The molecule has 0 radical (unpaired) electrons. The first-order chi connectivity index (χ1) is 9.74.